The highest BCUT2D eigenvalue weighted by atomic mass is 16.5. The van der Waals surface area contributed by atoms with Gasteiger partial charge in [-0.2, -0.15) is 0 Å². The number of carbonyl (C=O) groups is 3. The molecule has 1 saturated carbocycles. The topological polar surface area (TPSA) is 66.9 Å². The lowest BCUT2D eigenvalue weighted by Gasteiger charge is -2.51. The summed E-state index contributed by atoms with van der Waals surface area (Å²) in [6.07, 6.45) is 3.39. The second-order valence-electron chi connectivity index (χ2n) is 8.99. The zero-order chi connectivity index (χ0) is 21.5. The Morgan fingerprint density at radius 1 is 1.30 bits per heavy atom. The lowest BCUT2D eigenvalue weighted by atomic mass is 9.64. The molecule has 2 heterocycles. The molecule has 6 heteroatoms. The molecule has 1 aromatic rings. The van der Waals surface area contributed by atoms with Gasteiger partial charge in [-0.1, -0.05) is 44.6 Å². The number of para-hydroxylation sites is 1. The van der Waals surface area contributed by atoms with E-state index in [1.165, 1.54) is 5.57 Å². The van der Waals surface area contributed by atoms with Gasteiger partial charge in [0.1, 0.15) is 6.61 Å². The molecular weight excluding hydrogens is 380 g/mol. The maximum Gasteiger partial charge on any atom is 0.340 e. The van der Waals surface area contributed by atoms with Crippen LogP contribution in [0.25, 0.3) is 0 Å². The predicted molar refractivity (Wildman–Crippen MR) is 114 cm³/mol. The fourth-order valence-electron chi connectivity index (χ4n) is 5.25. The molecule has 2 aliphatic heterocycles. The van der Waals surface area contributed by atoms with E-state index in [0.717, 1.165) is 43.8 Å². The Labute approximate surface area is 177 Å². The number of rotatable bonds is 5. The Morgan fingerprint density at radius 3 is 2.77 bits per heavy atom. The number of fused-ring (bicyclic) bond motifs is 2. The zero-order valence-electron chi connectivity index (χ0n) is 17.9. The molecule has 0 radical (unpaired) electrons. The van der Waals surface area contributed by atoms with E-state index in [4.69, 9.17) is 4.74 Å². The lowest BCUT2D eigenvalue weighted by Crippen LogP contribution is -2.53. The first-order chi connectivity index (χ1) is 14.4. The largest absolute Gasteiger partial charge is 0.461 e. The van der Waals surface area contributed by atoms with Gasteiger partial charge < -0.3 is 9.64 Å². The third-order valence-electron chi connectivity index (χ3n) is 7.05. The standard InChI is InChI=1S/C24H30N2O4/c1-4-25-13-18-8-7-11-24(14-25,17(18)3)15-30-23(29)19-9-5-6-10-20(19)26-21(27)12-16(2)22(26)28/h5-6,9-10,16,18H,3-4,7-8,11-15H2,1-2H3/t16?,18-,24+/m1/s1. The van der Waals surface area contributed by atoms with Crippen LogP contribution in [0.15, 0.2) is 36.4 Å². The van der Waals surface area contributed by atoms with E-state index in [-0.39, 0.29) is 41.7 Å². The minimum atomic E-state index is -0.497. The van der Waals surface area contributed by atoms with Crippen molar-refractivity contribution < 1.29 is 19.1 Å². The average Bonchev–Trinajstić information content (AvgIpc) is 2.98. The highest BCUT2D eigenvalue weighted by molar-refractivity contribution is 6.22. The Morgan fingerprint density at radius 2 is 2.07 bits per heavy atom. The molecule has 6 nitrogen and oxygen atoms in total. The summed E-state index contributed by atoms with van der Waals surface area (Å²) in [7, 11) is 0. The van der Waals surface area contributed by atoms with Gasteiger partial charge in [0.2, 0.25) is 11.8 Å². The number of benzene rings is 1. The summed E-state index contributed by atoms with van der Waals surface area (Å²) in [5, 5.41) is 0. The smallest absolute Gasteiger partial charge is 0.340 e. The lowest BCUT2D eigenvalue weighted by molar-refractivity contribution is -0.122. The first-order valence-electron chi connectivity index (χ1n) is 10.9. The molecule has 1 aliphatic carbocycles. The fraction of sp³-hybridized carbons (Fsp3) is 0.542. The molecule has 2 bridgehead atoms. The van der Waals surface area contributed by atoms with Crippen LogP contribution in [-0.4, -0.2) is 48.9 Å². The third kappa shape index (κ3) is 3.47. The molecule has 0 aromatic heterocycles. The molecule has 3 atom stereocenters. The highest BCUT2D eigenvalue weighted by Gasteiger charge is 2.46. The molecule has 1 unspecified atom stereocenters. The van der Waals surface area contributed by atoms with Crippen molar-refractivity contribution >= 4 is 23.5 Å². The molecule has 0 spiro atoms. The Balaban J connectivity index is 1.55. The summed E-state index contributed by atoms with van der Waals surface area (Å²) < 4.78 is 5.83. The van der Waals surface area contributed by atoms with Gasteiger partial charge >= 0.3 is 5.97 Å². The molecule has 2 amide bonds. The van der Waals surface area contributed by atoms with E-state index in [0.29, 0.717) is 11.6 Å². The van der Waals surface area contributed by atoms with E-state index in [2.05, 4.69) is 18.4 Å². The van der Waals surface area contributed by atoms with Crippen molar-refractivity contribution in [2.75, 3.05) is 31.1 Å². The Bertz CT molecular complexity index is 895. The molecule has 30 heavy (non-hydrogen) atoms. The molecule has 4 rings (SSSR count). The number of amides is 2. The first kappa shape index (κ1) is 20.8. The number of nitrogens with zero attached hydrogens (tertiary/aromatic N) is 2. The van der Waals surface area contributed by atoms with Crippen molar-refractivity contribution in [3.8, 4) is 0 Å². The number of ether oxygens (including phenoxy) is 1. The average molecular weight is 411 g/mol. The number of hydrogen-bond donors (Lipinski definition) is 0. The number of imide groups is 1. The summed E-state index contributed by atoms with van der Waals surface area (Å²) in [5.41, 5.74) is 1.57. The van der Waals surface area contributed by atoms with Crippen LogP contribution in [-0.2, 0) is 14.3 Å². The van der Waals surface area contributed by atoms with Crippen molar-refractivity contribution in [1.29, 1.82) is 0 Å². The number of anilines is 1. The van der Waals surface area contributed by atoms with Gasteiger partial charge in [-0.05, 0) is 37.4 Å². The molecular formula is C24H30N2O4. The maximum absolute atomic E-state index is 13.1. The van der Waals surface area contributed by atoms with E-state index < -0.39 is 5.97 Å². The summed E-state index contributed by atoms with van der Waals surface area (Å²) in [6.45, 7) is 11.4. The second kappa shape index (κ2) is 7.99. The van der Waals surface area contributed by atoms with Gasteiger partial charge in [-0.25, -0.2) is 9.69 Å². The summed E-state index contributed by atoms with van der Waals surface area (Å²) in [4.78, 5) is 41.5. The predicted octanol–water partition coefficient (Wildman–Crippen LogP) is 3.42. The monoisotopic (exact) mass is 410 g/mol. The van der Waals surface area contributed by atoms with E-state index in [1.807, 2.05) is 0 Å². The van der Waals surface area contributed by atoms with Crippen molar-refractivity contribution in [3.63, 3.8) is 0 Å². The molecule has 3 fully saturated rings. The molecule has 1 aromatic carbocycles. The van der Waals surface area contributed by atoms with Crippen molar-refractivity contribution in [2.45, 2.75) is 39.5 Å². The van der Waals surface area contributed by atoms with Crippen LogP contribution in [0.3, 0.4) is 0 Å². The van der Waals surface area contributed by atoms with Crippen LogP contribution in [0.2, 0.25) is 0 Å². The van der Waals surface area contributed by atoms with Crippen molar-refractivity contribution in [2.24, 2.45) is 17.3 Å². The van der Waals surface area contributed by atoms with Gasteiger partial charge in [0.25, 0.3) is 0 Å². The van der Waals surface area contributed by atoms with Crippen molar-refractivity contribution in [3.05, 3.63) is 42.0 Å². The van der Waals surface area contributed by atoms with Gasteiger partial charge in [0.05, 0.1) is 11.3 Å². The van der Waals surface area contributed by atoms with E-state index >= 15 is 0 Å². The zero-order valence-corrected chi connectivity index (χ0v) is 17.9. The minimum Gasteiger partial charge on any atom is -0.461 e. The number of likely N-dealkylation sites (tertiary alicyclic amines) is 1. The number of piperidine rings is 1. The third-order valence-corrected chi connectivity index (χ3v) is 7.05. The Hall–Kier alpha value is -2.47. The number of hydrogen-bond acceptors (Lipinski definition) is 5. The minimum absolute atomic E-state index is 0.166. The van der Waals surface area contributed by atoms with Crippen LogP contribution < -0.4 is 4.90 Å². The SMILES string of the molecule is C=C1[C@@H]2CCC[C@@]1(COC(=O)c1ccccc1N1C(=O)CC(C)C1=O)CN(CC)C2. The molecule has 3 aliphatic rings. The number of esters is 1. The van der Waals surface area contributed by atoms with Crippen LogP contribution in [0.4, 0.5) is 5.69 Å². The highest BCUT2D eigenvalue weighted by Crippen LogP contribution is 2.47. The van der Waals surface area contributed by atoms with E-state index in [1.54, 1.807) is 31.2 Å². The van der Waals surface area contributed by atoms with Gasteiger partial charge in [-0.15, -0.1) is 0 Å². The summed E-state index contributed by atoms with van der Waals surface area (Å²) in [5.74, 6) is -0.956. The summed E-state index contributed by atoms with van der Waals surface area (Å²) >= 11 is 0. The van der Waals surface area contributed by atoms with Crippen LogP contribution >= 0.6 is 0 Å². The van der Waals surface area contributed by atoms with Gasteiger partial charge in [-0.3, -0.25) is 9.59 Å². The molecule has 160 valence electrons. The molecule has 0 N–H and O–H groups in total. The number of carbonyl (C=O) groups excluding carboxylic acids is 3. The Kier molecular flexibility index (Phi) is 5.53. The van der Waals surface area contributed by atoms with Crippen LogP contribution in [0, 0.1) is 17.3 Å². The van der Waals surface area contributed by atoms with Gasteiger partial charge in [0, 0.05) is 30.8 Å². The quantitative estimate of drug-likeness (QED) is 0.423. The van der Waals surface area contributed by atoms with Crippen LogP contribution in [0.1, 0.15) is 49.9 Å². The maximum atomic E-state index is 13.1. The summed E-state index contributed by atoms with van der Waals surface area (Å²) in [6, 6.07) is 6.71. The van der Waals surface area contributed by atoms with E-state index in [9.17, 15) is 14.4 Å². The first-order valence-corrected chi connectivity index (χ1v) is 10.9. The molecule has 2 saturated heterocycles. The van der Waals surface area contributed by atoms with Gasteiger partial charge in [0.15, 0.2) is 0 Å². The second-order valence-corrected chi connectivity index (χ2v) is 8.99. The van der Waals surface area contributed by atoms with Crippen LogP contribution in [0.5, 0.6) is 0 Å². The normalized spacial score (nSPS) is 29.4. The fourth-order valence-corrected chi connectivity index (χ4v) is 5.25. The van der Waals surface area contributed by atoms with Crippen molar-refractivity contribution in [1.82, 2.24) is 4.90 Å².